The van der Waals surface area contributed by atoms with Gasteiger partial charge in [0.2, 0.25) is 6.10 Å². The van der Waals surface area contributed by atoms with Crippen molar-refractivity contribution in [1.82, 2.24) is 9.80 Å². The molecule has 1 aromatic carbocycles. The summed E-state index contributed by atoms with van der Waals surface area (Å²) in [4.78, 5) is 34.5. The summed E-state index contributed by atoms with van der Waals surface area (Å²) < 4.78 is 4.85. The second-order valence-electron chi connectivity index (χ2n) is 4.55. The third-order valence-corrected chi connectivity index (χ3v) is 2.60. The second kappa shape index (κ2) is 9.62. The van der Waals surface area contributed by atoms with Gasteiger partial charge in [-0.05, 0) is 11.6 Å². The van der Waals surface area contributed by atoms with E-state index in [2.05, 4.69) is 0 Å². The highest BCUT2D eigenvalue weighted by Crippen LogP contribution is 2.18. The Hall–Kier alpha value is -2.28. The van der Waals surface area contributed by atoms with Crippen LogP contribution in [-0.2, 0) is 9.53 Å². The van der Waals surface area contributed by atoms with Crippen LogP contribution >= 0.6 is 11.6 Å². The Labute approximate surface area is 134 Å². The van der Waals surface area contributed by atoms with Crippen LogP contribution in [0, 0.1) is 0 Å². The van der Waals surface area contributed by atoms with Crippen LogP contribution in [0.15, 0.2) is 30.3 Å². The number of benzene rings is 1. The monoisotopic (exact) mass is 330 g/mol. The zero-order chi connectivity index (χ0) is 17.3. The Morgan fingerprint density at radius 3 is 1.82 bits per heavy atom. The van der Waals surface area contributed by atoms with Gasteiger partial charge in [-0.3, -0.25) is 4.79 Å². The third-order valence-electron chi connectivity index (χ3n) is 2.26. The number of nitrogens with zero attached hydrogens (tertiary/aromatic N) is 2. The van der Waals surface area contributed by atoms with Gasteiger partial charge in [0.15, 0.2) is 0 Å². The van der Waals surface area contributed by atoms with Crippen molar-refractivity contribution in [2.45, 2.75) is 6.10 Å². The fraction of sp³-hybridized carbons (Fsp3) is 0.357. The molecule has 1 rings (SSSR count). The van der Waals surface area contributed by atoms with E-state index >= 15 is 0 Å². The van der Waals surface area contributed by atoms with Crippen LogP contribution in [-0.4, -0.2) is 60.5 Å². The lowest BCUT2D eigenvalue weighted by Crippen LogP contribution is -2.27. The number of hydrogen-bond acceptors (Lipinski definition) is 4. The number of carbonyl (C=O) groups is 3. The molecule has 7 nitrogen and oxygen atoms in total. The maximum absolute atomic E-state index is 11.3. The Bertz CT molecular complexity index is 505. The predicted molar refractivity (Wildman–Crippen MR) is 81.9 cm³/mol. The molecule has 1 atom stereocenters. The lowest BCUT2D eigenvalue weighted by Gasteiger charge is -2.17. The lowest BCUT2D eigenvalue weighted by molar-refractivity contribution is -0.147. The van der Waals surface area contributed by atoms with Gasteiger partial charge in [-0.2, -0.15) is 0 Å². The first kappa shape index (κ1) is 19.7. The molecule has 0 aliphatic carbocycles. The normalized spacial score (nSPS) is 10.6. The molecule has 8 heteroatoms. The SMILES string of the molecule is CN(C)C(=O)Cl.CN(C)C(=O)OC(C(=O)O)c1ccccc1. The Kier molecular flexibility index (Phi) is 8.62. The molecule has 0 fully saturated rings. The lowest BCUT2D eigenvalue weighted by atomic mass is 10.1. The van der Waals surface area contributed by atoms with E-state index in [9.17, 15) is 14.4 Å². The number of rotatable bonds is 3. The third kappa shape index (κ3) is 7.49. The molecule has 1 N–H and O–H groups in total. The first-order valence-corrected chi connectivity index (χ1v) is 6.57. The molecule has 0 heterocycles. The van der Waals surface area contributed by atoms with Gasteiger partial charge in [-0.25, -0.2) is 9.59 Å². The first-order valence-electron chi connectivity index (χ1n) is 6.19. The van der Waals surface area contributed by atoms with Crippen molar-refractivity contribution in [3.8, 4) is 0 Å². The van der Waals surface area contributed by atoms with Crippen LogP contribution in [0.5, 0.6) is 0 Å². The van der Waals surface area contributed by atoms with Crippen molar-refractivity contribution < 1.29 is 24.2 Å². The summed E-state index contributed by atoms with van der Waals surface area (Å²) in [5.41, 5.74) is 0.435. The maximum Gasteiger partial charge on any atom is 0.410 e. The van der Waals surface area contributed by atoms with Crippen LogP contribution in [0.3, 0.4) is 0 Å². The van der Waals surface area contributed by atoms with Crippen molar-refractivity contribution in [2.24, 2.45) is 0 Å². The Morgan fingerprint density at radius 2 is 1.50 bits per heavy atom. The topological polar surface area (TPSA) is 87.2 Å². The minimum absolute atomic E-state index is 0.435. The molecular formula is C14H19ClN2O5. The number of halogens is 1. The molecule has 0 aromatic heterocycles. The van der Waals surface area contributed by atoms with Crippen molar-refractivity contribution in [3.63, 3.8) is 0 Å². The number of carboxylic acid groups (broad SMARTS) is 1. The zero-order valence-corrected chi connectivity index (χ0v) is 13.6. The molecule has 22 heavy (non-hydrogen) atoms. The standard InChI is InChI=1S/C11H13NO4.C3H6ClNO/c1-12(2)11(15)16-9(10(13)14)8-6-4-3-5-7-8;1-5(2)3(4)6/h3-7,9H,1-2H3,(H,13,14);1-2H3. The molecule has 0 saturated heterocycles. The molecule has 0 aliphatic heterocycles. The largest absolute Gasteiger partial charge is 0.478 e. The molecule has 0 aliphatic rings. The van der Waals surface area contributed by atoms with Crippen molar-refractivity contribution in [1.29, 1.82) is 0 Å². The smallest absolute Gasteiger partial charge is 0.410 e. The number of hydrogen-bond donors (Lipinski definition) is 1. The fourth-order valence-electron chi connectivity index (χ4n) is 1.10. The predicted octanol–water partition coefficient (Wildman–Crippen LogP) is 2.42. The summed E-state index contributed by atoms with van der Waals surface area (Å²) in [7, 11) is 6.17. The number of ether oxygens (including phenoxy) is 1. The summed E-state index contributed by atoms with van der Waals surface area (Å²) in [5, 5.41) is 8.53. The van der Waals surface area contributed by atoms with E-state index < -0.39 is 23.5 Å². The first-order chi connectivity index (χ1) is 10.2. The molecule has 1 unspecified atom stereocenters. The van der Waals surface area contributed by atoms with Gasteiger partial charge in [0.1, 0.15) is 0 Å². The number of aliphatic carboxylic acids is 1. The van der Waals surface area contributed by atoms with E-state index in [1.165, 1.54) is 23.9 Å². The molecule has 2 amide bonds. The van der Waals surface area contributed by atoms with Gasteiger partial charge in [-0.1, -0.05) is 30.3 Å². The molecular weight excluding hydrogens is 312 g/mol. The number of carbonyl (C=O) groups excluding carboxylic acids is 2. The van der Waals surface area contributed by atoms with Crippen molar-refractivity contribution >= 4 is 29.0 Å². The Balaban J connectivity index is 0.000000626. The van der Waals surface area contributed by atoms with Crippen LogP contribution in [0.25, 0.3) is 0 Å². The van der Waals surface area contributed by atoms with E-state index in [1.54, 1.807) is 44.4 Å². The van der Waals surface area contributed by atoms with Gasteiger partial charge in [0.25, 0.3) is 0 Å². The average Bonchev–Trinajstić information content (AvgIpc) is 2.45. The zero-order valence-electron chi connectivity index (χ0n) is 12.8. The maximum atomic E-state index is 11.3. The van der Waals surface area contributed by atoms with Gasteiger partial charge in [-0.15, -0.1) is 0 Å². The second-order valence-corrected chi connectivity index (χ2v) is 4.88. The summed E-state index contributed by atoms with van der Waals surface area (Å²) in [6.07, 6.45) is -1.95. The van der Waals surface area contributed by atoms with Crippen LogP contribution in [0.1, 0.15) is 11.7 Å². The highest BCUT2D eigenvalue weighted by atomic mass is 35.5. The highest BCUT2D eigenvalue weighted by molar-refractivity contribution is 6.62. The highest BCUT2D eigenvalue weighted by Gasteiger charge is 2.24. The van der Waals surface area contributed by atoms with E-state index in [1.807, 2.05) is 0 Å². The minimum atomic E-state index is -1.27. The summed E-state index contributed by atoms with van der Waals surface area (Å²) in [6, 6.07) is 8.34. The molecule has 122 valence electrons. The summed E-state index contributed by atoms with van der Waals surface area (Å²) in [6.45, 7) is 0. The van der Waals surface area contributed by atoms with Crippen LogP contribution in [0.4, 0.5) is 9.59 Å². The van der Waals surface area contributed by atoms with Gasteiger partial charge >= 0.3 is 17.4 Å². The van der Waals surface area contributed by atoms with Crippen molar-refractivity contribution in [2.75, 3.05) is 28.2 Å². The minimum Gasteiger partial charge on any atom is -0.478 e. The molecule has 1 aromatic rings. The number of carboxylic acids is 1. The van der Waals surface area contributed by atoms with Gasteiger partial charge in [0, 0.05) is 33.8 Å². The molecule has 0 saturated carbocycles. The quantitative estimate of drug-likeness (QED) is 0.679. The van der Waals surface area contributed by atoms with E-state index in [-0.39, 0.29) is 0 Å². The van der Waals surface area contributed by atoms with Gasteiger partial charge in [0.05, 0.1) is 0 Å². The van der Waals surface area contributed by atoms with Crippen LogP contribution in [0.2, 0.25) is 0 Å². The summed E-state index contributed by atoms with van der Waals surface area (Å²) in [5.74, 6) is -1.19. The molecule has 0 bridgehead atoms. The van der Waals surface area contributed by atoms with Crippen LogP contribution < -0.4 is 0 Å². The molecule has 0 spiro atoms. The number of amides is 2. The van der Waals surface area contributed by atoms with E-state index in [4.69, 9.17) is 21.4 Å². The average molecular weight is 331 g/mol. The summed E-state index contributed by atoms with van der Waals surface area (Å²) >= 11 is 4.90. The Morgan fingerprint density at radius 1 is 1.05 bits per heavy atom. The van der Waals surface area contributed by atoms with E-state index in [0.717, 1.165) is 0 Å². The molecule has 0 radical (unpaired) electrons. The van der Waals surface area contributed by atoms with E-state index in [0.29, 0.717) is 5.56 Å². The van der Waals surface area contributed by atoms with Crippen molar-refractivity contribution in [3.05, 3.63) is 35.9 Å². The van der Waals surface area contributed by atoms with Gasteiger partial charge < -0.3 is 19.6 Å². The fourth-order valence-corrected chi connectivity index (χ4v) is 1.10.